The summed E-state index contributed by atoms with van der Waals surface area (Å²) in [6.45, 7) is 0.292. The van der Waals surface area contributed by atoms with Gasteiger partial charge in [-0.2, -0.15) is 0 Å². The van der Waals surface area contributed by atoms with Crippen LogP contribution in [0.5, 0.6) is 0 Å². The first kappa shape index (κ1) is 15.9. The van der Waals surface area contributed by atoms with Gasteiger partial charge >= 0.3 is 0 Å². The number of thiazole rings is 1. The maximum Gasteiger partial charge on any atom is 0.264 e. The van der Waals surface area contributed by atoms with Crippen LogP contribution >= 0.6 is 11.3 Å². The van der Waals surface area contributed by atoms with E-state index in [9.17, 15) is 9.18 Å². The monoisotopic (exact) mass is 360 g/mol. The molecule has 0 aliphatic carbocycles. The summed E-state index contributed by atoms with van der Waals surface area (Å²) >= 11 is 1.29. The molecule has 3 heterocycles. The Balaban J connectivity index is 1.51. The SMILES string of the molecule is O=C(Nc1cccnc1)C1(F)CCN(c2nc3ccc(F)cc3s2)C1. The maximum absolute atomic E-state index is 15.1. The quantitative estimate of drug-likeness (QED) is 0.778. The minimum atomic E-state index is -2.00. The number of hydrogen-bond donors (Lipinski definition) is 1. The number of amides is 1. The molecule has 1 atom stereocenters. The van der Waals surface area contributed by atoms with Crippen molar-refractivity contribution >= 4 is 38.3 Å². The number of benzene rings is 1. The van der Waals surface area contributed by atoms with Gasteiger partial charge in [-0.25, -0.2) is 13.8 Å². The summed E-state index contributed by atoms with van der Waals surface area (Å²) in [5, 5.41) is 3.15. The number of fused-ring (bicyclic) bond motifs is 1. The fourth-order valence-corrected chi connectivity index (χ4v) is 3.84. The van der Waals surface area contributed by atoms with Gasteiger partial charge in [-0.05, 0) is 30.3 Å². The highest BCUT2D eigenvalue weighted by Crippen LogP contribution is 2.35. The first-order valence-corrected chi connectivity index (χ1v) is 8.57. The third kappa shape index (κ3) is 3.05. The summed E-state index contributed by atoms with van der Waals surface area (Å²) in [7, 11) is 0. The van der Waals surface area contributed by atoms with Crippen molar-refractivity contribution in [2.75, 3.05) is 23.3 Å². The van der Waals surface area contributed by atoms with Crippen LogP contribution in [0.1, 0.15) is 6.42 Å². The van der Waals surface area contributed by atoms with Crippen molar-refractivity contribution in [1.29, 1.82) is 0 Å². The third-order valence-electron chi connectivity index (χ3n) is 4.16. The van der Waals surface area contributed by atoms with E-state index in [1.165, 1.54) is 29.7 Å². The molecule has 3 aromatic rings. The second-order valence-corrected chi connectivity index (χ2v) is 6.95. The van der Waals surface area contributed by atoms with Crippen molar-refractivity contribution in [2.24, 2.45) is 0 Å². The topological polar surface area (TPSA) is 58.1 Å². The maximum atomic E-state index is 15.1. The molecule has 2 aromatic heterocycles. The fourth-order valence-electron chi connectivity index (χ4n) is 2.82. The molecule has 0 radical (unpaired) electrons. The lowest BCUT2D eigenvalue weighted by molar-refractivity contribution is -0.126. The Kier molecular flexibility index (Phi) is 3.84. The number of hydrogen-bond acceptors (Lipinski definition) is 5. The van der Waals surface area contributed by atoms with Crippen LogP contribution in [0, 0.1) is 5.82 Å². The summed E-state index contributed by atoms with van der Waals surface area (Å²) in [6.07, 6.45) is 3.12. The standard InChI is InChI=1S/C17H14F2N4OS/c18-11-3-4-13-14(8-11)25-16(22-13)23-7-5-17(19,10-23)15(24)21-12-2-1-6-20-9-12/h1-4,6,8-9H,5,7,10H2,(H,21,24). The molecule has 1 aliphatic heterocycles. The van der Waals surface area contributed by atoms with E-state index >= 15 is 4.39 Å². The number of aromatic nitrogens is 2. The Morgan fingerprint density at radius 2 is 2.24 bits per heavy atom. The molecule has 0 spiro atoms. The van der Waals surface area contributed by atoms with Gasteiger partial charge in [-0.3, -0.25) is 9.78 Å². The van der Waals surface area contributed by atoms with E-state index in [0.29, 0.717) is 27.6 Å². The predicted octanol–water partition coefficient (Wildman–Crippen LogP) is 3.39. The van der Waals surface area contributed by atoms with Gasteiger partial charge < -0.3 is 10.2 Å². The Morgan fingerprint density at radius 3 is 3.04 bits per heavy atom. The molecule has 5 nitrogen and oxygen atoms in total. The van der Waals surface area contributed by atoms with E-state index < -0.39 is 11.6 Å². The molecule has 8 heteroatoms. The lowest BCUT2D eigenvalue weighted by Gasteiger charge is -2.19. The molecule has 0 bridgehead atoms. The minimum absolute atomic E-state index is 0.0728. The largest absolute Gasteiger partial charge is 0.344 e. The van der Waals surface area contributed by atoms with Crippen LogP contribution in [0.15, 0.2) is 42.7 Å². The highest BCUT2D eigenvalue weighted by molar-refractivity contribution is 7.22. The van der Waals surface area contributed by atoms with Crippen molar-refractivity contribution in [3.05, 3.63) is 48.5 Å². The van der Waals surface area contributed by atoms with Crippen LogP contribution in [0.25, 0.3) is 10.2 Å². The molecule has 1 fully saturated rings. The average molecular weight is 360 g/mol. The number of rotatable bonds is 3. The van der Waals surface area contributed by atoms with E-state index in [1.54, 1.807) is 29.3 Å². The van der Waals surface area contributed by atoms with Crippen LogP contribution in [0.2, 0.25) is 0 Å². The Bertz CT molecular complexity index is 933. The summed E-state index contributed by atoms with van der Waals surface area (Å²) < 4.78 is 29.1. The van der Waals surface area contributed by atoms with Gasteiger partial charge in [0.2, 0.25) is 5.67 Å². The van der Waals surface area contributed by atoms with Crippen molar-refractivity contribution in [1.82, 2.24) is 9.97 Å². The number of carbonyl (C=O) groups excluding carboxylic acids is 1. The van der Waals surface area contributed by atoms with Gasteiger partial charge in [-0.15, -0.1) is 0 Å². The number of alkyl halides is 1. The average Bonchev–Trinajstić information content (AvgIpc) is 3.20. The third-order valence-corrected chi connectivity index (χ3v) is 5.23. The highest BCUT2D eigenvalue weighted by Gasteiger charge is 2.46. The van der Waals surface area contributed by atoms with Crippen LogP contribution in [-0.4, -0.2) is 34.6 Å². The zero-order valence-corrected chi connectivity index (χ0v) is 13.9. The number of nitrogens with zero attached hydrogens (tertiary/aromatic N) is 3. The summed E-state index contributed by atoms with van der Waals surface area (Å²) in [4.78, 5) is 22.4. The fraction of sp³-hybridized carbons (Fsp3) is 0.235. The molecule has 4 rings (SSSR count). The van der Waals surface area contributed by atoms with E-state index in [4.69, 9.17) is 0 Å². The van der Waals surface area contributed by atoms with E-state index in [-0.39, 0.29) is 18.8 Å². The Morgan fingerprint density at radius 1 is 1.36 bits per heavy atom. The summed E-state index contributed by atoms with van der Waals surface area (Å²) in [6, 6.07) is 7.67. The second-order valence-electron chi connectivity index (χ2n) is 5.94. The first-order chi connectivity index (χ1) is 12.0. The van der Waals surface area contributed by atoms with Gasteiger partial charge in [0.05, 0.1) is 28.6 Å². The molecular formula is C17H14F2N4OS. The number of pyridine rings is 1. The Labute approximate surface area is 146 Å². The molecule has 1 amide bonds. The minimum Gasteiger partial charge on any atom is -0.344 e. The zero-order chi connectivity index (χ0) is 17.4. The van der Waals surface area contributed by atoms with Gasteiger partial charge in [0.25, 0.3) is 5.91 Å². The molecule has 1 saturated heterocycles. The molecule has 1 aliphatic rings. The van der Waals surface area contributed by atoms with Crippen molar-refractivity contribution in [3.8, 4) is 0 Å². The molecule has 1 N–H and O–H groups in total. The van der Waals surface area contributed by atoms with Gasteiger partial charge in [-0.1, -0.05) is 11.3 Å². The molecular weight excluding hydrogens is 346 g/mol. The smallest absolute Gasteiger partial charge is 0.264 e. The summed E-state index contributed by atoms with van der Waals surface area (Å²) in [5.74, 6) is -1.02. The Hall–Kier alpha value is -2.61. The number of anilines is 2. The molecule has 1 unspecified atom stereocenters. The van der Waals surface area contributed by atoms with Crippen LogP contribution in [0.3, 0.4) is 0 Å². The molecule has 0 saturated carbocycles. The van der Waals surface area contributed by atoms with Crippen molar-refractivity contribution < 1.29 is 13.6 Å². The van der Waals surface area contributed by atoms with Crippen molar-refractivity contribution in [3.63, 3.8) is 0 Å². The molecule has 1 aromatic carbocycles. The predicted molar refractivity (Wildman–Crippen MR) is 93.1 cm³/mol. The van der Waals surface area contributed by atoms with E-state index in [0.717, 1.165) is 0 Å². The van der Waals surface area contributed by atoms with E-state index in [2.05, 4.69) is 15.3 Å². The normalized spacial score (nSPS) is 20.2. The van der Waals surface area contributed by atoms with Gasteiger partial charge in [0.15, 0.2) is 5.13 Å². The molecule has 25 heavy (non-hydrogen) atoms. The van der Waals surface area contributed by atoms with Crippen LogP contribution in [-0.2, 0) is 4.79 Å². The molecule has 128 valence electrons. The number of nitrogens with one attached hydrogen (secondary N) is 1. The second kappa shape index (κ2) is 6.03. The first-order valence-electron chi connectivity index (χ1n) is 7.75. The van der Waals surface area contributed by atoms with Crippen LogP contribution < -0.4 is 10.2 Å². The van der Waals surface area contributed by atoms with Crippen molar-refractivity contribution in [2.45, 2.75) is 12.1 Å². The van der Waals surface area contributed by atoms with E-state index in [1.807, 2.05) is 0 Å². The number of carbonyl (C=O) groups is 1. The lowest BCUT2D eigenvalue weighted by Crippen LogP contribution is -2.41. The van der Waals surface area contributed by atoms with Gasteiger partial charge in [0, 0.05) is 19.2 Å². The lowest BCUT2D eigenvalue weighted by atomic mass is 10.0. The van der Waals surface area contributed by atoms with Gasteiger partial charge in [0.1, 0.15) is 5.82 Å². The number of halogens is 2. The summed E-state index contributed by atoms with van der Waals surface area (Å²) in [5.41, 5.74) is -0.880. The zero-order valence-electron chi connectivity index (χ0n) is 13.1. The highest BCUT2D eigenvalue weighted by atomic mass is 32.1. The van der Waals surface area contributed by atoms with Crippen LogP contribution in [0.4, 0.5) is 19.6 Å².